The lowest BCUT2D eigenvalue weighted by atomic mass is 9.83. The first kappa shape index (κ1) is 26.8. The number of ether oxygens (including phenoxy) is 1. The molecule has 7 nitrogen and oxygen atoms in total. The van der Waals surface area contributed by atoms with Crippen molar-refractivity contribution < 1.29 is 22.7 Å². The lowest BCUT2D eigenvalue weighted by Crippen LogP contribution is -2.45. The number of hydrogen-bond acceptors (Lipinski definition) is 5. The molecule has 0 radical (unpaired) electrons. The molecule has 3 heterocycles. The molecule has 2 aromatic heterocycles. The molecule has 1 aliphatic heterocycles. The minimum atomic E-state index is -1.01. The first-order valence-electron chi connectivity index (χ1n) is 12.3. The van der Waals surface area contributed by atoms with E-state index in [1.165, 1.54) is 16.8 Å². The number of likely N-dealkylation sites (tertiary alicyclic amines) is 1. The van der Waals surface area contributed by atoms with Crippen LogP contribution in [0.1, 0.15) is 42.0 Å². The second-order valence-corrected chi connectivity index (χ2v) is 9.54. The number of methoxy groups -OCH3 is 1. The number of carbonyl (C=O) groups is 1. The Morgan fingerprint density at radius 2 is 1.95 bits per heavy atom. The number of likely N-dealkylation sites (N-methyl/N-ethyl adjacent to an activating group) is 1. The zero-order valence-electron chi connectivity index (χ0n) is 21.3. The van der Waals surface area contributed by atoms with Crippen molar-refractivity contribution in [2.24, 2.45) is 0 Å². The number of rotatable bonds is 9. The zero-order valence-corrected chi connectivity index (χ0v) is 21.3. The van der Waals surface area contributed by atoms with Gasteiger partial charge in [0.25, 0.3) is 5.91 Å². The average molecular weight is 516 g/mol. The Morgan fingerprint density at radius 3 is 2.57 bits per heavy atom. The summed E-state index contributed by atoms with van der Waals surface area (Å²) in [6.45, 7) is 4.75. The molecule has 1 aliphatic rings. The number of benzene rings is 1. The maximum Gasteiger partial charge on any atom is 0.251 e. The summed E-state index contributed by atoms with van der Waals surface area (Å²) in [7, 11) is 3.39. The summed E-state index contributed by atoms with van der Waals surface area (Å²) < 4.78 is 48.3. The summed E-state index contributed by atoms with van der Waals surface area (Å²) in [5, 5.41) is 4.17. The Hall–Kier alpha value is -3.24. The van der Waals surface area contributed by atoms with Crippen molar-refractivity contribution in [2.45, 2.75) is 37.8 Å². The zero-order chi connectivity index (χ0) is 26.6. The third-order valence-electron chi connectivity index (χ3n) is 7.25. The Balaban J connectivity index is 1.34. The number of aryl methyl sites for hydroxylation is 1. The van der Waals surface area contributed by atoms with Crippen LogP contribution in [0.2, 0.25) is 0 Å². The van der Waals surface area contributed by atoms with Gasteiger partial charge >= 0.3 is 0 Å². The van der Waals surface area contributed by atoms with Crippen LogP contribution in [0.3, 0.4) is 0 Å². The van der Waals surface area contributed by atoms with Crippen molar-refractivity contribution in [3.05, 3.63) is 83.2 Å². The lowest BCUT2D eigenvalue weighted by Gasteiger charge is -2.41. The number of amides is 1. The van der Waals surface area contributed by atoms with Crippen LogP contribution in [0.25, 0.3) is 0 Å². The van der Waals surface area contributed by atoms with E-state index in [4.69, 9.17) is 4.74 Å². The summed E-state index contributed by atoms with van der Waals surface area (Å²) >= 11 is 0. The monoisotopic (exact) mass is 515 g/mol. The standard InChI is InChI=1S/C27H32F3N5O2/c1-19-16-24(30)31-18-21(19)27(37-3)8-14-34(15-9-27)12-5-11-33(2)26(36)25(35-13-4-10-32-35)20-6-7-22(28)23(29)17-20/h4,6-7,10,13,16-18,25H,5,8-9,11-12,14-15H2,1-3H3. The van der Waals surface area contributed by atoms with E-state index in [1.807, 2.05) is 6.92 Å². The van der Waals surface area contributed by atoms with E-state index < -0.39 is 29.2 Å². The van der Waals surface area contributed by atoms with Gasteiger partial charge in [-0.15, -0.1) is 0 Å². The highest BCUT2D eigenvalue weighted by molar-refractivity contribution is 5.83. The number of carbonyl (C=O) groups excluding carboxylic acids is 1. The SMILES string of the molecule is COC1(c2cnc(F)cc2C)CCN(CCCN(C)C(=O)C(c2ccc(F)c(F)c2)n2cccn2)CC1. The van der Waals surface area contributed by atoms with Gasteiger partial charge in [-0.3, -0.25) is 9.48 Å². The van der Waals surface area contributed by atoms with Crippen LogP contribution >= 0.6 is 0 Å². The third-order valence-corrected chi connectivity index (χ3v) is 7.25. The molecule has 37 heavy (non-hydrogen) atoms. The highest BCUT2D eigenvalue weighted by atomic mass is 19.2. The quantitative estimate of drug-likeness (QED) is 0.402. The first-order valence-corrected chi connectivity index (χ1v) is 12.3. The highest BCUT2D eigenvalue weighted by Gasteiger charge is 2.37. The number of aromatic nitrogens is 3. The topological polar surface area (TPSA) is 63.5 Å². The molecule has 1 saturated heterocycles. The molecule has 4 rings (SSSR count). The molecule has 1 amide bonds. The lowest BCUT2D eigenvalue weighted by molar-refractivity contribution is -0.132. The van der Waals surface area contributed by atoms with Crippen LogP contribution in [0.4, 0.5) is 13.2 Å². The number of nitrogens with zero attached hydrogens (tertiary/aromatic N) is 5. The Bertz CT molecular complexity index is 1210. The van der Waals surface area contributed by atoms with Crippen molar-refractivity contribution in [3.8, 4) is 0 Å². The van der Waals surface area contributed by atoms with Crippen molar-refractivity contribution >= 4 is 5.91 Å². The molecule has 0 bridgehead atoms. The molecule has 0 saturated carbocycles. The van der Waals surface area contributed by atoms with E-state index in [9.17, 15) is 18.0 Å². The summed E-state index contributed by atoms with van der Waals surface area (Å²) in [6.07, 6.45) is 7.00. The van der Waals surface area contributed by atoms with E-state index in [2.05, 4.69) is 15.0 Å². The molecule has 198 valence electrons. The van der Waals surface area contributed by atoms with Crippen molar-refractivity contribution in [3.63, 3.8) is 0 Å². The van der Waals surface area contributed by atoms with Gasteiger partial charge in [0, 0.05) is 57.9 Å². The molecule has 3 aromatic rings. The molecule has 10 heteroatoms. The molecule has 1 atom stereocenters. The molecule has 0 N–H and O–H groups in total. The maximum absolute atomic E-state index is 13.9. The van der Waals surface area contributed by atoms with Gasteiger partial charge in [0.2, 0.25) is 5.95 Å². The van der Waals surface area contributed by atoms with E-state index in [0.717, 1.165) is 62.2 Å². The van der Waals surface area contributed by atoms with Gasteiger partial charge in [-0.2, -0.15) is 9.49 Å². The number of halogens is 3. The van der Waals surface area contributed by atoms with Gasteiger partial charge in [-0.05, 0) is 68.1 Å². The molecule has 1 unspecified atom stereocenters. The van der Waals surface area contributed by atoms with Crippen LogP contribution in [-0.4, -0.2) is 70.8 Å². The number of pyridine rings is 1. The van der Waals surface area contributed by atoms with Crippen LogP contribution < -0.4 is 0 Å². The minimum absolute atomic E-state index is 0.258. The summed E-state index contributed by atoms with van der Waals surface area (Å²) in [5.41, 5.74) is 1.59. The van der Waals surface area contributed by atoms with Gasteiger partial charge in [-0.25, -0.2) is 13.8 Å². The number of hydrogen-bond donors (Lipinski definition) is 0. The van der Waals surface area contributed by atoms with Gasteiger partial charge in [-0.1, -0.05) is 6.07 Å². The fraction of sp³-hybridized carbons (Fsp3) is 0.444. The fourth-order valence-corrected chi connectivity index (χ4v) is 5.09. The predicted molar refractivity (Wildman–Crippen MR) is 132 cm³/mol. The van der Waals surface area contributed by atoms with E-state index in [0.29, 0.717) is 12.1 Å². The summed E-state index contributed by atoms with van der Waals surface area (Å²) in [6, 6.07) is 5.70. The van der Waals surface area contributed by atoms with E-state index >= 15 is 0 Å². The first-order chi connectivity index (χ1) is 17.7. The Labute approximate surface area is 214 Å². The van der Waals surface area contributed by atoms with Crippen LogP contribution in [-0.2, 0) is 15.1 Å². The van der Waals surface area contributed by atoms with Crippen LogP contribution in [0.5, 0.6) is 0 Å². The molecular weight excluding hydrogens is 483 g/mol. The summed E-state index contributed by atoms with van der Waals surface area (Å²) in [5.74, 6) is -2.73. The maximum atomic E-state index is 13.9. The predicted octanol–water partition coefficient (Wildman–Crippen LogP) is 4.08. The normalized spacial score (nSPS) is 16.5. The second-order valence-electron chi connectivity index (χ2n) is 9.54. The third kappa shape index (κ3) is 5.86. The van der Waals surface area contributed by atoms with Crippen molar-refractivity contribution in [1.29, 1.82) is 0 Å². The average Bonchev–Trinajstić information content (AvgIpc) is 3.41. The smallest absolute Gasteiger partial charge is 0.251 e. The molecule has 1 aromatic carbocycles. The minimum Gasteiger partial charge on any atom is -0.373 e. The molecule has 0 spiro atoms. The van der Waals surface area contributed by atoms with Gasteiger partial charge in [0.15, 0.2) is 17.7 Å². The van der Waals surface area contributed by atoms with Crippen LogP contribution in [0, 0.1) is 24.5 Å². The van der Waals surface area contributed by atoms with Gasteiger partial charge in [0.1, 0.15) is 0 Å². The van der Waals surface area contributed by atoms with E-state index in [1.54, 1.807) is 43.7 Å². The molecule has 1 fully saturated rings. The van der Waals surface area contributed by atoms with E-state index in [-0.39, 0.29) is 5.91 Å². The van der Waals surface area contributed by atoms with Crippen molar-refractivity contribution in [2.75, 3.05) is 40.3 Å². The summed E-state index contributed by atoms with van der Waals surface area (Å²) in [4.78, 5) is 21.1. The van der Waals surface area contributed by atoms with Crippen molar-refractivity contribution in [1.82, 2.24) is 24.6 Å². The highest BCUT2D eigenvalue weighted by Crippen LogP contribution is 2.37. The molecular formula is C27H32F3N5O2. The second kappa shape index (κ2) is 11.4. The Morgan fingerprint density at radius 1 is 1.19 bits per heavy atom. The van der Waals surface area contributed by atoms with Gasteiger partial charge < -0.3 is 14.5 Å². The largest absolute Gasteiger partial charge is 0.373 e. The van der Waals surface area contributed by atoms with Crippen LogP contribution in [0.15, 0.2) is 48.9 Å². The molecule has 0 aliphatic carbocycles. The number of piperidine rings is 1. The fourth-order valence-electron chi connectivity index (χ4n) is 5.09. The Kier molecular flexibility index (Phi) is 8.29. The van der Waals surface area contributed by atoms with Gasteiger partial charge in [0.05, 0.1) is 5.60 Å².